The van der Waals surface area contributed by atoms with Crippen LogP contribution < -0.4 is 15.0 Å². The van der Waals surface area contributed by atoms with E-state index in [9.17, 15) is 9.59 Å². The third-order valence-electron chi connectivity index (χ3n) is 4.03. The second-order valence-electron chi connectivity index (χ2n) is 6.02. The quantitative estimate of drug-likeness (QED) is 0.944. The zero-order chi connectivity index (χ0) is 17.3. The van der Waals surface area contributed by atoms with Crippen LogP contribution >= 0.6 is 0 Å². The first-order valence-electron chi connectivity index (χ1n) is 7.90. The molecule has 0 bridgehead atoms. The number of anilines is 2. The topological polar surface area (TPSA) is 58.6 Å². The molecule has 0 radical (unpaired) electrons. The number of ether oxygens (including phenoxy) is 1. The molecule has 0 unspecified atom stereocenters. The first-order valence-corrected chi connectivity index (χ1v) is 7.90. The lowest BCUT2D eigenvalue weighted by atomic mass is 10.1. The van der Waals surface area contributed by atoms with Gasteiger partial charge < -0.3 is 10.1 Å². The van der Waals surface area contributed by atoms with E-state index in [4.69, 9.17) is 4.74 Å². The van der Waals surface area contributed by atoms with E-state index in [2.05, 4.69) is 5.32 Å². The van der Waals surface area contributed by atoms with Gasteiger partial charge in [0.15, 0.2) is 6.10 Å². The Kier molecular flexibility index (Phi) is 4.25. The molecule has 0 saturated carbocycles. The number of hydrogen-bond acceptors (Lipinski definition) is 3. The molecule has 1 heterocycles. The summed E-state index contributed by atoms with van der Waals surface area (Å²) in [6, 6.07) is 13.1. The molecule has 2 aromatic carbocycles. The molecule has 5 nitrogen and oxygen atoms in total. The maximum absolute atomic E-state index is 12.8. The number of hydrogen-bond donors (Lipinski definition) is 1. The molecule has 0 spiro atoms. The van der Waals surface area contributed by atoms with Gasteiger partial charge in [-0.25, -0.2) is 0 Å². The average Bonchev–Trinajstić information content (AvgIpc) is 2.56. The summed E-state index contributed by atoms with van der Waals surface area (Å²) in [7, 11) is 0. The van der Waals surface area contributed by atoms with E-state index in [0.29, 0.717) is 17.1 Å². The van der Waals surface area contributed by atoms with Crippen molar-refractivity contribution in [2.45, 2.75) is 26.9 Å². The van der Waals surface area contributed by atoms with Gasteiger partial charge in [0, 0.05) is 0 Å². The first-order chi connectivity index (χ1) is 11.5. The van der Waals surface area contributed by atoms with Gasteiger partial charge >= 0.3 is 0 Å². The van der Waals surface area contributed by atoms with Crippen molar-refractivity contribution < 1.29 is 14.3 Å². The summed E-state index contributed by atoms with van der Waals surface area (Å²) >= 11 is 0. The Bertz CT molecular complexity index is 801. The molecule has 1 atom stereocenters. The summed E-state index contributed by atoms with van der Waals surface area (Å²) in [5.41, 5.74) is 3.37. The van der Waals surface area contributed by atoms with Crippen molar-refractivity contribution in [3.05, 3.63) is 53.6 Å². The molecule has 1 aliphatic heterocycles. The number of benzene rings is 2. The number of rotatable bonds is 3. The van der Waals surface area contributed by atoms with E-state index in [0.717, 1.165) is 11.1 Å². The molecular formula is C19H20N2O3. The largest absolute Gasteiger partial charge is 0.481 e. The fourth-order valence-electron chi connectivity index (χ4n) is 2.72. The number of carbonyl (C=O) groups excluding carboxylic acids is 2. The normalized spacial score (nSPS) is 14.6. The first kappa shape index (κ1) is 16.1. The van der Waals surface area contributed by atoms with Crippen molar-refractivity contribution in [3.63, 3.8) is 0 Å². The van der Waals surface area contributed by atoms with Crippen LogP contribution in [0.2, 0.25) is 0 Å². The highest BCUT2D eigenvalue weighted by atomic mass is 16.5. The molecule has 124 valence electrons. The summed E-state index contributed by atoms with van der Waals surface area (Å²) in [5.74, 6) is 0.241. The lowest BCUT2D eigenvalue weighted by Gasteiger charge is -2.31. The number of carbonyl (C=O) groups is 2. The number of nitrogens with zero attached hydrogens (tertiary/aromatic N) is 1. The zero-order valence-electron chi connectivity index (χ0n) is 14.0. The molecule has 0 saturated heterocycles. The fourth-order valence-corrected chi connectivity index (χ4v) is 2.72. The molecule has 1 N–H and O–H groups in total. The Labute approximate surface area is 141 Å². The second kappa shape index (κ2) is 6.35. The van der Waals surface area contributed by atoms with Crippen molar-refractivity contribution in [1.82, 2.24) is 0 Å². The molecule has 3 rings (SSSR count). The Morgan fingerprint density at radius 1 is 1.21 bits per heavy atom. The van der Waals surface area contributed by atoms with Gasteiger partial charge in [-0.3, -0.25) is 14.5 Å². The van der Waals surface area contributed by atoms with Crippen LogP contribution in [0.3, 0.4) is 0 Å². The summed E-state index contributed by atoms with van der Waals surface area (Å²) < 4.78 is 5.87. The maximum atomic E-state index is 12.8. The highest BCUT2D eigenvalue weighted by Gasteiger charge is 2.30. The van der Waals surface area contributed by atoms with E-state index in [1.165, 1.54) is 4.90 Å². The smallest absolute Gasteiger partial charge is 0.268 e. The van der Waals surface area contributed by atoms with Crippen LogP contribution in [-0.2, 0) is 9.59 Å². The lowest BCUT2D eigenvalue weighted by Crippen LogP contribution is -2.47. The maximum Gasteiger partial charge on any atom is 0.268 e. The highest BCUT2D eigenvalue weighted by molar-refractivity contribution is 6.10. The zero-order valence-corrected chi connectivity index (χ0v) is 14.0. The molecule has 2 aromatic rings. The van der Waals surface area contributed by atoms with E-state index < -0.39 is 6.10 Å². The van der Waals surface area contributed by atoms with Crippen LogP contribution in [-0.4, -0.2) is 24.5 Å². The molecular weight excluding hydrogens is 304 g/mol. The van der Waals surface area contributed by atoms with Gasteiger partial charge in [-0.1, -0.05) is 24.3 Å². The van der Waals surface area contributed by atoms with E-state index in [1.54, 1.807) is 13.0 Å². The number of para-hydroxylation sites is 2. The van der Waals surface area contributed by atoms with Crippen LogP contribution in [0.25, 0.3) is 0 Å². The predicted octanol–water partition coefficient (Wildman–Crippen LogP) is 3.06. The third kappa shape index (κ3) is 3.11. The molecule has 2 amide bonds. The summed E-state index contributed by atoms with van der Waals surface area (Å²) in [6.07, 6.45) is -0.690. The van der Waals surface area contributed by atoms with Crippen LogP contribution in [0, 0.1) is 13.8 Å². The minimum absolute atomic E-state index is 0.00362. The summed E-state index contributed by atoms with van der Waals surface area (Å²) in [6.45, 7) is 5.62. The van der Waals surface area contributed by atoms with Crippen LogP contribution in [0.1, 0.15) is 18.1 Å². The molecule has 24 heavy (non-hydrogen) atoms. The monoisotopic (exact) mass is 324 g/mol. The van der Waals surface area contributed by atoms with Crippen LogP contribution in [0.4, 0.5) is 11.4 Å². The third-order valence-corrected chi connectivity index (χ3v) is 4.03. The van der Waals surface area contributed by atoms with Crippen molar-refractivity contribution >= 4 is 23.2 Å². The molecule has 0 aromatic heterocycles. The number of nitrogens with one attached hydrogen (secondary N) is 1. The molecule has 1 aliphatic rings. The number of fused-ring (bicyclic) bond motifs is 1. The van der Waals surface area contributed by atoms with Crippen molar-refractivity contribution in [3.8, 4) is 5.75 Å². The van der Waals surface area contributed by atoms with Gasteiger partial charge in [0.1, 0.15) is 12.3 Å². The summed E-state index contributed by atoms with van der Waals surface area (Å²) in [5, 5.41) is 2.78. The Hall–Kier alpha value is -2.82. The summed E-state index contributed by atoms with van der Waals surface area (Å²) in [4.78, 5) is 26.2. The van der Waals surface area contributed by atoms with Crippen molar-refractivity contribution in [2.24, 2.45) is 0 Å². The SMILES string of the molecule is Cc1ccc(C)c(O[C@@H](C)C(=O)N2CC(=O)Nc3ccccc32)c1. The number of aryl methyl sites for hydroxylation is 2. The van der Waals surface area contributed by atoms with E-state index in [-0.39, 0.29) is 18.4 Å². The lowest BCUT2D eigenvalue weighted by molar-refractivity contribution is -0.126. The van der Waals surface area contributed by atoms with Gasteiger partial charge in [-0.15, -0.1) is 0 Å². The van der Waals surface area contributed by atoms with Crippen molar-refractivity contribution in [2.75, 3.05) is 16.8 Å². The van der Waals surface area contributed by atoms with Crippen molar-refractivity contribution in [1.29, 1.82) is 0 Å². The minimum Gasteiger partial charge on any atom is -0.481 e. The average molecular weight is 324 g/mol. The van der Waals surface area contributed by atoms with Gasteiger partial charge in [0.05, 0.1) is 11.4 Å². The fraction of sp³-hybridized carbons (Fsp3) is 0.263. The highest BCUT2D eigenvalue weighted by Crippen LogP contribution is 2.30. The van der Waals surface area contributed by atoms with Gasteiger partial charge in [0.25, 0.3) is 5.91 Å². The minimum atomic E-state index is -0.690. The Morgan fingerprint density at radius 2 is 1.96 bits per heavy atom. The number of amides is 2. The van der Waals surface area contributed by atoms with Crippen LogP contribution in [0.5, 0.6) is 5.75 Å². The van der Waals surface area contributed by atoms with E-state index >= 15 is 0 Å². The standard InChI is InChI=1S/C19H20N2O3/c1-12-8-9-13(2)17(10-12)24-14(3)19(23)21-11-18(22)20-15-6-4-5-7-16(15)21/h4-10,14H,11H2,1-3H3,(H,20,22)/t14-/m0/s1. The molecule has 0 fully saturated rings. The Morgan fingerprint density at radius 3 is 2.75 bits per heavy atom. The van der Waals surface area contributed by atoms with E-state index in [1.807, 2.05) is 50.2 Å². The van der Waals surface area contributed by atoms with Gasteiger partial charge in [-0.2, -0.15) is 0 Å². The van der Waals surface area contributed by atoms with Gasteiger partial charge in [0.2, 0.25) is 5.91 Å². The molecule has 0 aliphatic carbocycles. The van der Waals surface area contributed by atoms with Gasteiger partial charge in [-0.05, 0) is 50.1 Å². The second-order valence-corrected chi connectivity index (χ2v) is 6.02. The molecule has 5 heteroatoms. The predicted molar refractivity (Wildman–Crippen MR) is 93.4 cm³/mol. The Balaban J connectivity index is 1.83. The van der Waals surface area contributed by atoms with Crippen LogP contribution in [0.15, 0.2) is 42.5 Å².